The highest BCUT2D eigenvalue weighted by Gasteiger charge is 2.10. The number of benzene rings is 1. The van der Waals surface area contributed by atoms with Gasteiger partial charge < -0.3 is 10.6 Å². The highest BCUT2D eigenvalue weighted by Crippen LogP contribution is 2.16. The van der Waals surface area contributed by atoms with Gasteiger partial charge in [0.1, 0.15) is 0 Å². The molecule has 0 unspecified atom stereocenters. The molecule has 1 aromatic carbocycles. The third-order valence-corrected chi connectivity index (χ3v) is 2.86. The van der Waals surface area contributed by atoms with Crippen LogP contribution in [0.25, 0.3) is 0 Å². The van der Waals surface area contributed by atoms with Crippen LogP contribution in [0.4, 0.5) is 11.5 Å². The maximum Gasteiger partial charge on any atom is 0.257 e. The van der Waals surface area contributed by atoms with Crippen molar-refractivity contribution >= 4 is 17.4 Å². The third kappa shape index (κ3) is 3.54. The molecule has 1 heterocycles. The van der Waals surface area contributed by atoms with Gasteiger partial charge in [0.25, 0.3) is 5.91 Å². The number of nitrogens with one attached hydrogen (secondary N) is 2. The predicted octanol–water partition coefficient (Wildman–Crippen LogP) is 2.86. The Hall–Kier alpha value is -2.43. The second-order valence-electron chi connectivity index (χ2n) is 4.52. The van der Waals surface area contributed by atoms with Crippen molar-refractivity contribution < 1.29 is 4.79 Å². The molecule has 5 heteroatoms. The van der Waals surface area contributed by atoms with E-state index in [4.69, 9.17) is 0 Å². The van der Waals surface area contributed by atoms with Gasteiger partial charge in [0, 0.05) is 24.0 Å². The smallest absolute Gasteiger partial charge is 0.257 e. The van der Waals surface area contributed by atoms with Gasteiger partial charge >= 0.3 is 0 Å². The summed E-state index contributed by atoms with van der Waals surface area (Å²) >= 11 is 0. The van der Waals surface area contributed by atoms with Gasteiger partial charge in [0.15, 0.2) is 5.82 Å². The SMILES string of the molecule is CCCNc1ccc(C(=O)Nc2cccnn2)c(C)c1. The van der Waals surface area contributed by atoms with Crippen molar-refractivity contribution in [3.63, 3.8) is 0 Å². The van der Waals surface area contributed by atoms with E-state index >= 15 is 0 Å². The Morgan fingerprint density at radius 3 is 2.80 bits per heavy atom. The summed E-state index contributed by atoms with van der Waals surface area (Å²) in [6.45, 7) is 4.95. The lowest BCUT2D eigenvalue weighted by molar-refractivity contribution is 0.102. The van der Waals surface area contributed by atoms with Crippen LogP contribution >= 0.6 is 0 Å². The molecule has 20 heavy (non-hydrogen) atoms. The van der Waals surface area contributed by atoms with Gasteiger partial charge in [-0.1, -0.05) is 6.92 Å². The molecule has 5 nitrogen and oxygen atoms in total. The normalized spacial score (nSPS) is 10.1. The minimum absolute atomic E-state index is 0.176. The number of hydrogen-bond donors (Lipinski definition) is 2. The quantitative estimate of drug-likeness (QED) is 0.876. The van der Waals surface area contributed by atoms with Gasteiger partial charge in [-0.05, 0) is 49.2 Å². The van der Waals surface area contributed by atoms with Gasteiger partial charge in [0.05, 0.1) is 0 Å². The van der Waals surface area contributed by atoms with Crippen LogP contribution < -0.4 is 10.6 Å². The van der Waals surface area contributed by atoms with E-state index in [2.05, 4.69) is 27.8 Å². The van der Waals surface area contributed by atoms with Crippen LogP contribution in [0.5, 0.6) is 0 Å². The first-order chi connectivity index (χ1) is 9.70. The molecule has 0 aliphatic heterocycles. The van der Waals surface area contributed by atoms with Crippen molar-refractivity contribution in [3.8, 4) is 0 Å². The zero-order valence-corrected chi connectivity index (χ0v) is 11.7. The average molecular weight is 270 g/mol. The molecule has 0 fully saturated rings. The first kappa shape index (κ1) is 14.0. The molecule has 0 aliphatic carbocycles. The molecule has 2 N–H and O–H groups in total. The van der Waals surface area contributed by atoms with E-state index in [0.29, 0.717) is 11.4 Å². The standard InChI is InChI=1S/C15H18N4O/c1-3-8-16-12-6-7-13(11(2)10-12)15(20)18-14-5-4-9-17-19-14/h4-7,9-10,16H,3,8H2,1-2H3,(H,18,19,20). The molecule has 0 radical (unpaired) electrons. The Morgan fingerprint density at radius 2 is 2.15 bits per heavy atom. The summed E-state index contributed by atoms with van der Waals surface area (Å²) in [7, 11) is 0. The number of amides is 1. The first-order valence-electron chi connectivity index (χ1n) is 6.64. The summed E-state index contributed by atoms with van der Waals surface area (Å²) in [4.78, 5) is 12.2. The van der Waals surface area contributed by atoms with Gasteiger partial charge in [-0.2, -0.15) is 5.10 Å². The van der Waals surface area contributed by atoms with E-state index in [0.717, 1.165) is 24.2 Å². The van der Waals surface area contributed by atoms with Gasteiger partial charge in [-0.25, -0.2) is 0 Å². The summed E-state index contributed by atoms with van der Waals surface area (Å²) in [6, 6.07) is 9.14. The number of aryl methyl sites for hydroxylation is 1. The second-order valence-corrected chi connectivity index (χ2v) is 4.52. The van der Waals surface area contributed by atoms with Gasteiger partial charge in [-0.3, -0.25) is 4.79 Å². The van der Waals surface area contributed by atoms with Gasteiger partial charge in [-0.15, -0.1) is 5.10 Å². The van der Waals surface area contributed by atoms with Crippen molar-refractivity contribution in [2.75, 3.05) is 17.2 Å². The number of carbonyl (C=O) groups excluding carboxylic acids is 1. The Morgan fingerprint density at radius 1 is 1.30 bits per heavy atom. The predicted molar refractivity (Wildman–Crippen MR) is 79.9 cm³/mol. The molecule has 2 rings (SSSR count). The zero-order valence-electron chi connectivity index (χ0n) is 11.7. The number of aromatic nitrogens is 2. The Bertz CT molecular complexity index is 584. The Kier molecular flexibility index (Phi) is 4.65. The maximum absolute atomic E-state index is 12.2. The third-order valence-electron chi connectivity index (χ3n) is 2.86. The molecule has 0 spiro atoms. The Labute approximate surface area is 118 Å². The topological polar surface area (TPSA) is 66.9 Å². The van der Waals surface area contributed by atoms with Crippen molar-refractivity contribution in [1.82, 2.24) is 10.2 Å². The second kappa shape index (κ2) is 6.65. The fourth-order valence-corrected chi connectivity index (χ4v) is 1.85. The van der Waals surface area contributed by atoms with Crippen LogP contribution in [0.3, 0.4) is 0 Å². The molecular formula is C15H18N4O. The van der Waals surface area contributed by atoms with Crippen molar-refractivity contribution in [1.29, 1.82) is 0 Å². The largest absolute Gasteiger partial charge is 0.385 e. The summed E-state index contributed by atoms with van der Waals surface area (Å²) in [5.41, 5.74) is 2.59. The van der Waals surface area contributed by atoms with Crippen LogP contribution in [-0.2, 0) is 0 Å². The minimum atomic E-state index is -0.176. The molecule has 1 aromatic heterocycles. The zero-order chi connectivity index (χ0) is 14.4. The molecule has 0 aliphatic rings. The van der Waals surface area contributed by atoms with E-state index in [-0.39, 0.29) is 5.91 Å². The van der Waals surface area contributed by atoms with Gasteiger partial charge in [0.2, 0.25) is 0 Å². The van der Waals surface area contributed by atoms with E-state index in [1.54, 1.807) is 18.3 Å². The van der Waals surface area contributed by atoms with Crippen LogP contribution in [0.15, 0.2) is 36.5 Å². The molecule has 0 saturated heterocycles. The molecule has 0 bridgehead atoms. The maximum atomic E-state index is 12.2. The molecule has 1 amide bonds. The number of anilines is 2. The highest BCUT2D eigenvalue weighted by atomic mass is 16.1. The number of carbonyl (C=O) groups is 1. The number of nitrogens with zero attached hydrogens (tertiary/aromatic N) is 2. The summed E-state index contributed by atoms with van der Waals surface area (Å²) in [5.74, 6) is 0.273. The molecule has 104 valence electrons. The lowest BCUT2D eigenvalue weighted by atomic mass is 10.1. The van der Waals surface area contributed by atoms with E-state index in [1.807, 2.05) is 25.1 Å². The van der Waals surface area contributed by atoms with E-state index in [1.165, 1.54) is 0 Å². The molecular weight excluding hydrogens is 252 g/mol. The van der Waals surface area contributed by atoms with Crippen molar-refractivity contribution in [2.45, 2.75) is 20.3 Å². The fraction of sp³-hybridized carbons (Fsp3) is 0.267. The van der Waals surface area contributed by atoms with Crippen molar-refractivity contribution in [3.05, 3.63) is 47.7 Å². The fourth-order valence-electron chi connectivity index (χ4n) is 1.85. The van der Waals surface area contributed by atoms with E-state index < -0.39 is 0 Å². The number of rotatable bonds is 5. The van der Waals surface area contributed by atoms with Crippen molar-refractivity contribution in [2.24, 2.45) is 0 Å². The monoisotopic (exact) mass is 270 g/mol. The number of hydrogen-bond acceptors (Lipinski definition) is 4. The summed E-state index contributed by atoms with van der Waals surface area (Å²) in [5, 5.41) is 13.6. The minimum Gasteiger partial charge on any atom is -0.385 e. The van der Waals surface area contributed by atoms with Crippen LogP contribution in [-0.4, -0.2) is 22.6 Å². The molecule has 0 atom stereocenters. The molecule has 2 aromatic rings. The van der Waals surface area contributed by atoms with Crippen LogP contribution in [0.1, 0.15) is 29.3 Å². The lowest BCUT2D eigenvalue weighted by Gasteiger charge is -2.10. The molecule has 0 saturated carbocycles. The van der Waals surface area contributed by atoms with Crippen LogP contribution in [0.2, 0.25) is 0 Å². The lowest BCUT2D eigenvalue weighted by Crippen LogP contribution is -2.14. The highest BCUT2D eigenvalue weighted by molar-refractivity contribution is 6.04. The summed E-state index contributed by atoms with van der Waals surface area (Å²) in [6.07, 6.45) is 2.63. The van der Waals surface area contributed by atoms with E-state index in [9.17, 15) is 4.79 Å². The Balaban J connectivity index is 2.10. The van der Waals surface area contributed by atoms with Crippen LogP contribution in [0, 0.1) is 6.92 Å². The summed E-state index contributed by atoms with van der Waals surface area (Å²) < 4.78 is 0. The average Bonchev–Trinajstić information content (AvgIpc) is 2.46. The first-order valence-corrected chi connectivity index (χ1v) is 6.64.